The average molecular weight is 348 g/mol. The molecule has 1 aliphatic rings. The van der Waals surface area contributed by atoms with Crippen LogP contribution in [0, 0.1) is 0 Å². The van der Waals surface area contributed by atoms with Crippen molar-refractivity contribution in [2.45, 2.75) is 64.1 Å². The van der Waals surface area contributed by atoms with Crippen LogP contribution in [0.3, 0.4) is 0 Å². The Kier molecular flexibility index (Phi) is 8.22. The van der Waals surface area contributed by atoms with Gasteiger partial charge >= 0.3 is 6.03 Å². The number of nitrogens with zero attached hydrogens (tertiary/aromatic N) is 1. The van der Waals surface area contributed by atoms with Crippen molar-refractivity contribution >= 4 is 6.03 Å². The summed E-state index contributed by atoms with van der Waals surface area (Å²) in [4.78, 5) is 14.6. The highest BCUT2D eigenvalue weighted by atomic mass is 16.3. The van der Waals surface area contributed by atoms with Gasteiger partial charge < -0.3 is 15.7 Å². The number of carbonyl (C=O) groups excluding carboxylic acids is 1. The molecule has 0 aromatic heterocycles. The molecule has 1 aliphatic carbocycles. The van der Waals surface area contributed by atoms with Crippen molar-refractivity contribution in [3.63, 3.8) is 0 Å². The number of benzene rings is 1. The SMILES string of the molecule is CCN(CC)C(CNC(=O)NC1CCC(O)CC1)Cc1ccccc1. The van der Waals surface area contributed by atoms with Crippen LogP contribution >= 0.6 is 0 Å². The van der Waals surface area contributed by atoms with Gasteiger partial charge in [-0.1, -0.05) is 44.2 Å². The Morgan fingerprint density at radius 2 is 1.80 bits per heavy atom. The maximum atomic E-state index is 12.2. The maximum absolute atomic E-state index is 12.2. The van der Waals surface area contributed by atoms with Crippen LogP contribution in [0.25, 0.3) is 0 Å². The number of hydrogen-bond acceptors (Lipinski definition) is 3. The predicted molar refractivity (Wildman–Crippen MR) is 102 cm³/mol. The summed E-state index contributed by atoms with van der Waals surface area (Å²) >= 11 is 0. The standard InChI is InChI=1S/C20H33N3O2/c1-3-23(4-2)18(14-16-8-6-5-7-9-16)15-21-20(25)22-17-10-12-19(24)13-11-17/h5-9,17-19,24H,3-4,10-15H2,1-2H3,(H2,21,22,25). The normalized spacial score (nSPS) is 21.8. The number of hydrogen-bond donors (Lipinski definition) is 3. The van der Waals surface area contributed by atoms with E-state index in [1.54, 1.807) is 0 Å². The molecular formula is C20H33N3O2. The van der Waals surface area contributed by atoms with Crippen molar-refractivity contribution in [2.75, 3.05) is 19.6 Å². The molecule has 1 aromatic rings. The van der Waals surface area contributed by atoms with E-state index >= 15 is 0 Å². The van der Waals surface area contributed by atoms with Gasteiger partial charge in [-0.2, -0.15) is 0 Å². The molecule has 1 atom stereocenters. The van der Waals surface area contributed by atoms with Gasteiger partial charge in [0.2, 0.25) is 0 Å². The van der Waals surface area contributed by atoms with Crippen LogP contribution in [-0.2, 0) is 6.42 Å². The smallest absolute Gasteiger partial charge is 0.315 e. The Bertz CT molecular complexity index is 497. The van der Waals surface area contributed by atoms with Crippen molar-refractivity contribution in [1.29, 1.82) is 0 Å². The third-order valence-corrected chi connectivity index (χ3v) is 5.17. The van der Waals surface area contributed by atoms with Crippen LogP contribution in [0.1, 0.15) is 45.1 Å². The van der Waals surface area contributed by atoms with E-state index in [2.05, 4.69) is 53.6 Å². The lowest BCUT2D eigenvalue weighted by Crippen LogP contribution is -2.50. The summed E-state index contributed by atoms with van der Waals surface area (Å²) in [5.74, 6) is 0. The van der Waals surface area contributed by atoms with Gasteiger partial charge in [0.1, 0.15) is 0 Å². The third kappa shape index (κ3) is 6.67. The first-order valence-electron chi connectivity index (χ1n) is 9.62. The summed E-state index contributed by atoms with van der Waals surface area (Å²) in [6.07, 6.45) is 4.01. The van der Waals surface area contributed by atoms with E-state index in [1.807, 2.05) is 6.07 Å². The first kappa shape index (κ1) is 19.7. The lowest BCUT2D eigenvalue weighted by Gasteiger charge is -2.31. The van der Waals surface area contributed by atoms with Crippen molar-refractivity contribution in [3.8, 4) is 0 Å². The molecule has 0 saturated heterocycles. The number of amides is 2. The van der Waals surface area contributed by atoms with E-state index < -0.39 is 0 Å². The molecular weight excluding hydrogens is 314 g/mol. The predicted octanol–water partition coefficient (Wildman–Crippen LogP) is 2.54. The Labute approximate surface area is 151 Å². The molecule has 0 bridgehead atoms. The molecule has 0 spiro atoms. The molecule has 1 fully saturated rings. The molecule has 0 aliphatic heterocycles. The minimum Gasteiger partial charge on any atom is -0.393 e. The minimum absolute atomic E-state index is 0.0911. The average Bonchev–Trinajstić information content (AvgIpc) is 2.63. The second-order valence-corrected chi connectivity index (χ2v) is 6.92. The van der Waals surface area contributed by atoms with Crippen LogP contribution in [-0.4, -0.2) is 53.9 Å². The second-order valence-electron chi connectivity index (χ2n) is 6.92. The molecule has 140 valence electrons. The zero-order valence-electron chi connectivity index (χ0n) is 15.6. The van der Waals surface area contributed by atoms with E-state index in [0.29, 0.717) is 6.54 Å². The van der Waals surface area contributed by atoms with Gasteiger partial charge in [0.15, 0.2) is 0 Å². The highest BCUT2D eigenvalue weighted by molar-refractivity contribution is 5.74. The highest BCUT2D eigenvalue weighted by Gasteiger charge is 2.22. The van der Waals surface area contributed by atoms with Crippen LogP contribution in [0.4, 0.5) is 4.79 Å². The monoisotopic (exact) mass is 347 g/mol. The van der Waals surface area contributed by atoms with Crippen LogP contribution in [0.15, 0.2) is 30.3 Å². The van der Waals surface area contributed by atoms with E-state index in [9.17, 15) is 9.90 Å². The quantitative estimate of drug-likeness (QED) is 0.677. The van der Waals surface area contributed by atoms with Gasteiger partial charge in [0.25, 0.3) is 0 Å². The molecule has 25 heavy (non-hydrogen) atoms. The number of rotatable bonds is 8. The summed E-state index contributed by atoms with van der Waals surface area (Å²) in [5.41, 5.74) is 1.29. The lowest BCUT2D eigenvalue weighted by atomic mass is 9.93. The van der Waals surface area contributed by atoms with Gasteiger partial charge in [-0.25, -0.2) is 4.79 Å². The van der Waals surface area contributed by atoms with Gasteiger partial charge in [0.05, 0.1) is 6.10 Å². The third-order valence-electron chi connectivity index (χ3n) is 5.17. The maximum Gasteiger partial charge on any atom is 0.315 e. The summed E-state index contributed by atoms with van der Waals surface area (Å²) in [5, 5.41) is 15.7. The Morgan fingerprint density at radius 3 is 2.40 bits per heavy atom. The van der Waals surface area contributed by atoms with Crippen LogP contribution in [0.2, 0.25) is 0 Å². The van der Waals surface area contributed by atoms with E-state index in [-0.39, 0.29) is 24.2 Å². The zero-order chi connectivity index (χ0) is 18.1. The molecule has 1 saturated carbocycles. The highest BCUT2D eigenvalue weighted by Crippen LogP contribution is 2.18. The first-order chi connectivity index (χ1) is 12.1. The molecule has 2 rings (SSSR count). The zero-order valence-corrected chi connectivity index (χ0v) is 15.6. The molecule has 1 unspecified atom stereocenters. The Hall–Kier alpha value is -1.59. The minimum atomic E-state index is -0.195. The molecule has 1 aromatic carbocycles. The van der Waals surface area contributed by atoms with Crippen LogP contribution in [0.5, 0.6) is 0 Å². The van der Waals surface area contributed by atoms with Crippen molar-refractivity contribution in [2.24, 2.45) is 0 Å². The molecule has 5 heteroatoms. The number of nitrogens with one attached hydrogen (secondary N) is 2. The topological polar surface area (TPSA) is 64.6 Å². The summed E-state index contributed by atoms with van der Waals surface area (Å²) < 4.78 is 0. The summed E-state index contributed by atoms with van der Waals surface area (Å²) in [6, 6.07) is 10.8. The van der Waals surface area contributed by atoms with Gasteiger partial charge in [0, 0.05) is 18.6 Å². The Balaban J connectivity index is 1.84. The Morgan fingerprint density at radius 1 is 1.16 bits per heavy atom. The van der Waals surface area contributed by atoms with Gasteiger partial charge in [-0.05, 0) is 50.8 Å². The van der Waals surface area contributed by atoms with Crippen molar-refractivity contribution < 1.29 is 9.90 Å². The van der Waals surface area contributed by atoms with E-state index in [1.165, 1.54) is 5.56 Å². The van der Waals surface area contributed by atoms with Gasteiger partial charge in [-0.3, -0.25) is 4.90 Å². The van der Waals surface area contributed by atoms with Crippen LogP contribution < -0.4 is 10.6 Å². The lowest BCUT2D eigenvalue weighted by molar-refractivity contribution is 0.117. The first-order valence-corrected chi connectivity index (χ1v) is 9.62. The fraction of sp³-hybridized carbons (Fsp3) is 0.650. The fourth-order valence-electron chi connectivity index (χ4n) is 3.62. The number of urea groups is 1. The molecule has 5 nitrogen and oxygen atoms in total. The molecule has 2 amide bonds. The van der Waals surface area contributed by atoms with Crippen molar-refractivity contribution in [1.82, 2.24) is 15.5 Å². The summed E-state index contributed by atoms with van der Waals surface area (Å²) in [7, 11) is 0. The van der Waals surface area contributed by atoms with Crippen molar-refractivity contribution in [3.05, 3.63) is 35.9 Å². The number of carbonyl (C=O) groups is 1. The fourth-order valence-corrected chi connectivity index (χ4v) is 3.62. The van der Waals surface area contributed by atoms with Gasteiger partial charge in [-0.15, -0.1) is 0 Å². The van der Waals surface area contributed by atoms with E-state index in [4.69, 9.17) is 0 Å². The van der Waals surface area contributed by atoms with E-state index in [0.717, 1.165) is 45.2 Å². The largest absolute Gasteiger partial charge is 0.393 e. The number of aliphatic hydroxyl groups is 1. The molecule has 0 heterocycles. The molecule has 3 N–H and O–H groups in total. The summed E-state index contributed by atoms with van der Waals surface area (Å²) in [6.45, 7) is 6.90. The number of likely N-dealkylation sites (N-methyl/N-ethyl adjacent to an activating group) is 1. The second kappa shape index (κ2) is 10.4. The molecule has 0 radical (unpaired) electrons. The number of aliphatic hydroxyl groups excluding tert-OH is 1.